The Morgan fingerprint density at radius 1 is 1.12 bits per heavy atom. The molecule has 0 fully saturated rings. The first kappa shape index (κ1) is 12.7. The van der Waals surface area contributed by atoms with Crippen molar-refractivity contribution in [1.29, 1.82) is 0 Å². The summed E-state index contributed by atoms with van der Waals surface area (Å²) >= 11 is 0. The summed E-state index contributed by atoms with van der Waals surface area (Å²) in [4.78, 5) is 10.5. The van der Waals surface area contributed by atoms with E-state index in [0.29, 0.717) is 6.29 Å². The van der Waals surface area contributed by atoms with Crippen LogP contribution in [0.3, 0.4) is 0 Å². The van der Waals surface area contributed by atoms with E-state index in [0.717, 1.165) is 12.1 Å². The molecule has 1 rings (SSSR count). The van der Waals surface area contributed by atoms with Crippen LogP contribution in [-0.2, 0) is 11.8 Å². The molecule has 1 aromatic rings. The number of aldehydes is 1. The maximum absolute atomic E-state index is 12.5. The van der Waals surface area contributed by atoms with E-state index < -0.39 is 17.3 Å². The second kappa shape index (κ2) is 3.90. The molecular weight excluding hydrogens is 221 g/mol. The number of benzene rings is 1. The van der Waals surface area contributed by atoms with E-state index in [9.17, 15) is 23.1 Å². The predicted molar refractivity (Wildman–Crippen MR) is 52.1 cm³/mol. The molecule has 0 spiro atoms. The summed E-state index contributed by atoms with van der Waals surface area (Å²) in [7, 11) is 0. The maximum Gasteiger partial charge on any atom is 0.416 e. The van der Waals surface area contributed by atoms with Gasteiger partial charge in [0.1, 0.15) is 6.29 Å². The Labute approximate surface area is 90.7 Å². The summed E-state index contributed by atoms with van der Waals surface area (Å²) in [6.07, 6.45) is -4.20. The molecular formula is C11H11F3O2. The highest BCUT2D eigenvalue weighted by Gasteiger charge is 2.32. The molecule has 0 aliphatic carbocycles. The smallest absolute Gasteiger partial charge is 0.386 e. The number of aliphatic hydroxyl groups is 1. The summed E-state index contributed by atoms with van der Waals surface area (Å²) in [6, 6.07) is 2.83. The average molecular weight is 232 g/mol. The van der Waals surface area contributed by atoms with Crippen molar-refractivity contribution in [2.75, 3.05) is 0 Å². The molecule has 0 amide bonds. The maximum atomic E-state index is 12.5. The minimum atomic E-state index is -4.53. The molecule has 1 N–H and O–H groups in total. The molecule has 0 atom stereocenters. The van der Waals surface area contributed by atoms with Crippen molar-refractivity contribution in [3.8, 4) is 0 Å². The first-order chi connectivity index (χ1) is 7.14. The Morgan fingerprint density at radius 3 is 2.00 bits per heavy atom. The fourth-order valence-electron chi connectivity index (χ4n) is 1.24. The summed E-state index contributed by atoms with van der Waals surface area (Å²) in [5.74, 6) is 0. The highest BCUT2D eigenvalue weighted by atomic mass is 19.4. The van der Waals surface area contributed by atoms with Crippen LogP contribution in [0.15, 0.2) is 18.2 Å². The van der Waals surface area contributed by atoms with Crippen LogP contribution < -0.4 is 0 Å². The van der Waals surface area contributed by atoms with Gasteiger partial charge in [-0.2, -0.15) is 13.2 Å². The van der Waals surface area contributed by atoms with E-state index in [4.69, 9.17) is 0 Å². The predicted octanol–water partition coefficient (Wildman–Crippen LogP) is 2.75. The number of alkyl halides is 3. The summed E-state index contributed by atoms with van der Waals surface area (Å²) in [5.41, 5.74) is -2.40. The zero-order chi connectivity index (χ0) is 12.6. The average Bonchev–Trinajstić information content (AvgIpc) is 2.14. The first-order valence-corrected chi connectivity index (χ1v) is 4.55. The zero-order valence-electron chi connectivity index (χ0n) is 8.80. The normalized spacial score (nSPS) is 12.6. The molecule has 1 aromatic carbocycles. The van der Waals surface area contributed by atoms with Crippen molar-refractivity contribution < 1.29 is 23.1 Å². The van der Waals surface area contributed by atoms with Crippen LogP contribution in [0.2, 0.25) is 0 Å². The van der Waals surface area contributed by atoms with E-state index in [1.165, 1.54) is 19.9 Å². The van der Waals surface area contributed by atoms with Gasteiger partial charge in [-0.1, -0.05) is 0 Å². The Hall–Kier alpha value is -1.36. The van der Waals surface area contributed by atoms with Crippen molar-refractivity contribution in [1.82, 2.24) is 0 Å². The molecule has 0 radical (unpaired) electrons. The lowest BCUT2D eigenvalue weighted by molar-refractivity contribution is -0.137. The van der Waals surface area contributed by atoms with Gasteiger partial charge in [-0.05, 0) is 37.6 Å². The minimum Gasteiger partial charge on any atom is -0.386 e. The van der Waals surface area contributed by atoms with Crippen LogP contribution in [0.1, 0.15) is 35.3 Å². The Kier molecular flexibility index (Phi) is 3.10. The number of hydrogen-bond donors (Lipinski definition) is 1. The number of halogens is 3. The molecule has 0 bridgehead atoms. The lowest BCUT2D eigenvalue weighted by atomic mass is 9.94. The van der Waals surface area contributed by atoms with Gasteiger partial charge in [0.25, 0.3) is 0 Å². The van der Waals surface area contributed by atoms with Gasteiger partial charge in [-0.25, -0.2) is 0 Å². The molecule has 0 heterocycles. The van der Waals surface area contributed by atoms with Crippen LogP contribution in [0.25, 0.3) is 0 Å². The second-order valence-electron chi connectivity index (χ2n) is 4.02. The molecule has 88 valence electrons. The highest BCUT2D eigenvalue weighted by Crippen LogP contribution is 2.32. The van der Waals surface area contributed by atoms with Crippen LogP contribution in [0, 0.1) is 0 Å². The third kappa shape index (κ3) is 2.82. The summed E-state index contributed by atoms with van der Waals surface area (Å²) < 4.78 is 37.4. The van der Waals surface area contributed by atoms with Crippen molar-refractivity contribution in [3.05, 3.63) is 34.9 Å². The monoisotopic (exact) mass is 232 g/mol. The SMILES string of the molecule is CC(C)(O)c1cc(C=O)cc(C(F)(F)F)c1. The van der Waals surface area contributed by atoms with E-state index in [1.807, 2.05) is 0 Å². The molecule has 0 aliphatic heterocycles. The molecule has 0 aliphatic rings. The minimum absolute atomic E-state index is 0.0597. The summed E-state index contributed by atoms with van der Waals surface area (Å²) in [6.45, 7) is 2.72. The van der Waals surface area contributed by atoms with E-state index in [1.54, 1.807) is 0 Å². The fraction of sp³-hybridized carbons (Fsp3) is 0.364. The Morgan fingerprint density at radius 2 is 1.62 bits per heavy atom. The second-order valence-corrected chi connectivity index (χ2v) is 4.02. The summed E-state index contributed by atoms with van der Waals surface area (Å²) in [5, 5.41) is 9.62. The van der Waals surface area contributed by atoms with Crippen LogP contribution >= 0.6 is 0 Å². The molecule has 16 heavy (non-hydrogen) atoms. The third-order valence-corrected chi connectivity index (χ3v) is 2.13. The number of carbonyl (C=O) groups is 1. The third-order valence-electron chi connectivity index (χ3n) is 2.13. The van der Waals surface area contributed by atoms with Crippen molar-refractivity contribution in [3.63, 3.8) is 0 Å². The fourth-order valence-corrected chi connectivity index (χ4v) is 1.24. The van der Waals surface area contributed by atoms with Gasteiger partial charge in [0.2, 0.25) is 0 Å². The molecule has 0 aromatic heterocycles. The van der Waals surface area contributed by atoms with Crippen LogP contribution in [-0.4, -0.2) is 11.4 Å². The molecule has 0 saturated carbocycles. The lowest BCUT2D eigenvalue weighted by Crippen LogP contribution is -2.17. The highest BCUT2D eigenvalue weighted by molar-refractivity contribution is 5.75. The van der Waals surface area contributed by atoms with Gasteiger partial charge in [0, 0.05) is 5.56 Å². The van der Waals surface area contributed by atoms with Crippen LogP contribution in [0.4, 0.5) is 13.2 Å². The Bertz CT molecular complexity index is 370. The topological polar surface area (TPSA) is 37.3 Å². The molecule has 0 unspecified atom stereocenters. The van der Waals surface area contributed by atoms with Crippen molar-refractivity contribution >= 4 is 6.29 Å². The standard InChI is InChI=1S/C11H11F3O2/c1-10(2,16)8-3-7(6-15)4-9(5-8)11(12,13)14/h3-6,16H,1-2H3. The van der Waals surface area contributed by atoms with E-state index in [2.05, 4.69) is 0 Å². The quantitative estimate of drug-likeness (QED) is 0.796. The van der Waals surface area contributed by atoms with Gasteiger partial charge < -0.3 is 5.11 Å². The van der Waals surface area contributed by atoms with Crippen molar-refractivity contribution in [2.24, 2.45) is 0 Å². The van der Waals surface area contributed by atoms with Gasteiger partial charge in [-0.15, -0.1) is 0 Å². The van der Waals surface area contributed by atoms with Gasteiger partial charge in [0.05, 0.1) is 11.2 Å². The lowest BCUT2D eigenvalue weighted by Gasteiger charge is -2.20. The molecule has 5 heteroatoms. The van der Waals surface area contributed by atoms with Crippen molar-refractivity contribution in [2.45, 2.75) is 25.6 Å². The molecule has 0 saturated heterocycles. The zero-order valence-corrected chi connectivity index (χ0v) is 8.80. The number of rotatable bonds is 2. The number of hydrogen-bond acceptors (Lipinski definition) is 2. The van der Waals surface area contributed by atoms with Gasteiger partial charge >= 0.3 is 6.18 Å². The molecule has 2 nitrogen and oxygen atoms in total. The Balaban J connectivity index is 3.39. The largest absolute Gasteiger partial charge is 0.416 e. The first-order valence-electron chi connectivity index (χ1n) is 4.55. The van der Waals surface area contributed by atoms with Gasteiger partial charge in [0.15, 0.2) is 0 Å². The number of carbonyl (C=O) groups excluding carboxylic acids is 1. The van der Waals surface area contributed by atoms with E-state index in [-0.39, 0.29) is 11.1 Å². The van der Waals surface area contributed by atoms with Gasteiger partial charge in [-0.3, -0.25) is 4.79 Å². The van der Waals surface area contributed by atoms with E-state index >= 15 is 0 Å². The van der Waals surface area contributed by atoms with Crippen LogP contribution in [0.5, 0.6) is 0 Å².